The predicted octanol–water partition coefficient (Wildman–Crippen LogP) is -0.830. The highest BCUT2D eigenvalue weighted by molar-refractivity contribution is 7.91. The number of likely N-dealkylation sites (tertiary alicyclic amines) is 1. The predicted molar refractivity (Wildman–Crippen MR) is 66.7 cm³/mol. The average Bonchev–Trinajstić information content (AvgIpc) is 2.52. The van der Waals surface area contributed by atoms with Crippen LogP contribution in [0.15, 0.2) is 0 Å². The lowest BCUT2D eigenvalue weighted by Crippen LogP contribution is -2.50. The van der Waals surface area contributed by atoms with Gasteiger partial charge in [0.05, 0.1) is 23.7 Å². The molecule has 0 saturated carbocycles. The molecular formula is C11H22N2O3S. The fraction of sp³-hybridized carbons (Fsp3) is 1.00. The van der Waals surface area contributed by atoms with E-state index in [2.05, 4.69) is 16.8 Å². The molecule has 2 saturated heterocycles. The minimum atomic E-state index is -3.04. The zero-order chi connectivity index (χ0) is 12.6. The molecule has 0 aromatic carbocycles. The summed E-state index contributed by atoms with van der Waals surface area (Å²) in [6.07, 6.45) is 1.39. The van der Waals surface area contributed by atoms with E-state index in [9.17, 15) is 13.5 Å². The van der Waals surface area contributed by atoms with Gasteiger partial charge in [-0.3, -0.25) is 4.90 Å². The van der Waals surface area contributed by atoms with Crippen molar-refractivity contribution in [1.82, 2.24) is 9.80 Å². The van der Waals surface area contributed by atoms with Crippen LogP contribution in [0.25, 0.3) is 0 Å². The SMILES string of the molecule is CN1CCC(N(C)[C@@H]2CS(=O)(=O)C[C@H]2O)CC1. The molecule has 2 aliphatic rings. The molecule has 2 aliphatic heterocycles. The first-order valence-electron chi connectivity index (χ1n) is 6.18. The molecule has 2 atom stereocenters. The number of piperidine rings is 1. The molecule has 0 bridgehead atoms. The van der Waals surface area contributed by atoms with Crippen molar-refractivity contribution in [3.63, 3.8) is 0 Å². The normalized spacial score (nSPS) is 35.5. The molecule has 100 valence electrons. The number of rotatable bonds is 2. The summed E-state index contributed by atoms with van der Waals surface area (Å²) < 4.78 is 23.0. The monoisotopic (exact) mass is 262 g/mol. The van der Waals surface area contributed by atoms with Crippen LogP contribution in [0.2, 0.25) is 0 Å². The molecule has 1 N–H and O–H groups in total. The van der Waals surface area contributed by atoms with Crippen molar-refractivity contribution in [1.29, 1.82) is 0 Å². The van der Waals surface area contributed by atoms with Crippen molar-refractivity contribution in [3.05, 3.63) is 0 Å². The quantitative estimate of drug-likeness (QED) is 0.704. The highest BCUT2D eigenvalue weighted by Crippen LogP contribution is 2.23. The van der Waals surface area contributed by atoms with E-state index in [1.54, 1.807) is 0 Å². The lowest BCUT2D eigenvalue weighted by molar-refractivity contribution is 0.0502. The summed E-state index contributed by atoms with van der Waals surface area (Å²) in [6.45, 7) is 2.09. The van der Waals surface area contributed by atoms with Gasteiger partial charge in [0.2, 0.25) is 0 Å². The number of aliphatic hydroxyl groups excluding tert-OH is 1. The highest BCUT2D eigenvalue weighted by Gasteiger charge is 2.40. The smallest absolute Gasteiger partial charge is 0.154 e. The number of sulfone groups is 1. The van der Waals surface area contributed by atoms with E-state index in [1.165, 1.54) is 0 Å². The standard InChI is InChI=1S/C11H22N2O3S/c1-12-5-3-9(4-6-12)13(2)10-7-17(15,16)8-11(10)14/h9-11,14H,3-8H2,1-2H3/t10-,11-/m1/s1. The van der Waals surface area contributed by atoms with Crippen molar-refractivity contribution in [2.75, 3.05) is 38.7 Å². The molecule has 0 radical (unpaired) electrons. The second-order valence-electron chi connectivity index (χ2n) is 5.41. The Labute approximate surface area is 103 Å². The summed E-state index contributed by atoms with van der Waals surface area (Å²) in [5.74, 6) is 0.0334. The minimum absolute atomic E-state index is 0.0748. The summed E-state index contributed by atoms with van der Waals surface area (Å²) >= 11 is 0. The molecule has 0 aromatic rings. The Morgan fingerprint density at radius 1 is 1.24 bits per heavy atom. The van der Waals surface area contributed by atoms with Gasteiger partial charge < -0.3 is 10.0 Å². The maximum Gasteiger partial charge on any atom is 0.154 e. The third-order valence-corrected chi connectivity index (χ3v) is 5.78. The van der Waals surface area contributed by atoms with E-state index in [-0.39, 0.29) is 17.5 Å². The maximum atomic E-state index is 11.5. The van der Waals surface area contributed by atoms with Crippen LogP contribution in [0.5, 0.6) is 0 Å². The van der Waals surface area contributed by atoms with Crippen LogP contribution in [0.4, 0.5) is 0 Å². The number of nitrogens with zero attached hydrogens (tertiary/aromatic N) is 2. The Bertz CT molecular complexity index is 363. The van der Waals surface area contributed by atoms with Crippen molar-refractivity contribution >= 4 is 9.84 Å². The van der Waals surface area contributed by atoms with E-state index >= 15 is 0 Å². The van der Waals surface area contributed by atoms with Gasteiger partial charge in [0, 0.05) is 6.04 Å². The maximum absolute atomic E-state index is 11.5. The molecule has 0 spiro atoms. The van der Waals surface area contributed by atoms with Crippen molar-refractivity contribution < 1.29 is 13.5 Å². The van der Waals surface area contributed by atoms with Gasteiger partial charge in [-0.2, -0.15) is 0 Å². The Kier molecular flexibility index (Phi) is 3.77. The molecule has 2 fully saturated rings. The molecule has 17 heavy (non-hydrogen) atoms. The first-order chi connectivity index (χ1) is 7.89. The number of hydrogen-bond acceptors (Lipinski definition) is 5. The van der Waals surface area contributed by atoms with E-state index in [1.807, 2.05) is 7.05 Å². The summed E-state index contributed by atoms with van der Waals surface area (Å²) in [7, 11) is 1.01. The summed E-state index contributed by atoms with van der Waals surface area (Å²) in [4.78, 5) is 4.37. The first-order valence-corrected chi connectivity index (χ1v) is 8.00. The van der Waals surface area contributed by atoms with Crippen LogP contribution in [-0.4, -0.2) is 80.2 Å². The lowest BCUT2D eigenvalue weighted by atomic mass is 10.0. The van der Waals surface area contributed by atoms with E-state index in [0.717, 1.165) is 25.9 Å². The molecule has 2 heterocycles. The van der Waals surface area contributed by atoms with Crippen LogP contribution in [0.3, 0.4) is 0 Å². The summed E-state index contributed by atoms with van der Waals surface area (Å²) in [6, 6.07) is 0.188. The zero-order valence-corrected chi connectivity index (χ0v) is 11.4. The van der Waals surface area contributed by atoms with Crippen LogP contribution in [0, 0.1) is 0 Å². The number of hydrogen-bond donors (Lipinski definition) is 1. The average molecular weight is 262 g/mol. The van der Waals surface area contributed by atoms with Crippen LogP contribution in [0.1, 0.15) is 12.8 Å². The van der Waals surface area contributed by atoms with Gasteiger partial charge in [-0.25, -0.2) is 8.42 Å². The van der Waals surface area contributed by atoms with Gasteiger partial charge in [-0.05, 0) is 40.0 Å². The summed E-state index contributed by atoms with van der Waals surface area (Å²) in [5.41, 5.74) is 0. The Balaban J connectivity index is 1.98. The van der Waals surface area contributed by atoms with Gasteiger partial charge in [0.25, 0.3) is 0 Å². The second kappa shape index (κ2) is 4.84. The second-order valence-corrected chi connectivity index (χ2v) is 7.57. The largest absolute Gasteiger partial charge is 0.390 e. The highest BCUT2D eigenvalue weighted by atomic mass is 32.2. The zero-order valence-electron chi connectivity index (χ0n) is 10.5. The molecule has 0 amide bonds. The van der Waals surface area contributed by atoms with Gasteiger partial charge >= 0.3 is 0 Å². The van der Waals surface area contributed by atoms with Crippen molar-refractivity contribution in [2.24, 2.45) is 0 Å². The van der Waals surface area contributed by atoms with E-state index < -0.39 is 15.9 Å². The van der Waals surface area contributed by atoms with Crippen LogP contribution >= 0.6 is 0 Å². The van der Waals surface area contributed by atoms with Gasteiger partial charge in [-0.1, -0.05) is 0 Å². The first kappa shape index (κ1) is 13.3. The fourth-order valence-electron chi connectivity index (χ4n) is 2.87. The molecule has 2 rings (SSSR count). The molecule has 5 nitrogen and oxygen atoms in total. The number of likely N-dealkylation sites (N-methyl/N-ethyl adjacent to an activating group) is 1. The topological polar surface area (TPSA) is 60.9 Å². The molecule has 0 aromatic heterocycles. The van der Waals surface area contributed by atoms with Gasteiger partial charge in [0.15, 0.2) is 9.84 Å². The van der Waals surface area contributed by atoms with E-state index in [4.69, 9.17) is 0 Å². The Hall–Kier alpha value is -0.170. The Morgan fingerprint density at radius 3 is 2.29 bits per heavy atom. The van der Waals surface area contributed by atoms with Crippen LogP contribution in [-0.2, 0) is 9.84 Å². The third-order valence-electron chi connectivity index (χ3n) is 4.08. The summed E-state index contributed by atoms with van der Waals surface area (Å²) in [5, 5.41) is 9.85. The van der Waals surface area contributed by atoms with Crippen molar-refractivity contribution in [3.8, 4) is 0 Å². The van der Waals surface area contributed by atoms with Gasteiger partial charge in [-0.15, -0.1) is 0 Å². The Morgan fingerprint density at radius 2 is 1.82 bits per heavy atom. The van der Waals surface area contributed by atoms with Crippen molar-refractivity contribution in [2.45, 2.75) is 31.0 Å². The third kappa shape index (κ3) is 2.99. The number of aliphatic hydroxyl groups is 1. The van der Waals surface area contributed by atoms with Crippen LogP contribution < -0.4 is 0 Å². The van der Waals surface area contributed by atoms with Gasteiger partial charge in [0.1, 0.15) is 0 Å². The lowest BCUT2D eigenvalue weighted by Gasteiger charge is -2.38. The molecular weight excluding hydrogens is 240 g/mol. The minimum Gasteiger partial charge on any atom is -0.390 e. The molecule has 6 heteroatoms. The molecule has 0 aliphatic carbocycles. The molecule has 0 unspecified atom stereocenters. The fourth-order valence-corrected chi connectivity index (χ4v) is 4.73. The van der Waals surface area contributed by atoms with E-state index in [0.29, 0.717) is 6.04 Å².